The molecule has 0 atom stereocenters. The van der Waals surface area contributed by atoms with Crippen molar-refractivity contribution in [2.45, 2.75) is 44.1 Å². The Morgan fingerprint density at radius 3 is 2.47 bits per heavy atom. The van der Waals surface area contributed by atoms with Gasteiger partial charge in [-0.25, -0.2) is 0 Å². The SMILES string of the molecule is CC(C)(N)C1(c2ccc3c(c2)CCC3)COC1. The number of fused-ring (bicyclic) bond motifs is 1. The number of ether oxygens (including phenoxy) is 1. The summed E-state index contributed by atoms with van der Waals surface area (Å²) >= 11 is 0. The van der Waals surface area contributed by atoms with E-state index in [-0.39, 0.29) is 11.0 Å². The summed E-state index contributed by atoms with van der Waals surface area (Å²) in [7, 11) is 0. The Hall–Kier alpha value is -0.860. The largest absolute Gasteiger partial charge is 0.379 e. The third kappa shape index (κ3) is 1.54. The lowest BCUT2D eigenvalue weighted by Gasteiger charge is -2.51. The Kier molecular flexibility index (Phi) is 2.36. The number of aryl methyl sites for hydroxylation is 2. The highest BCUT2D eigenvalue weighted by Gasteiger charge is 2.50. The van der Waals surface area contributed by atoms with E-state index < -0.39 is 0 Å². The molecular weight excluding hydrogens is 210 g/mol. The normalized spacial score (nSPS) is 22.1. The minimum Gasteiger partial charge on any atom is -0.379 e. The fraction of sp³-hybridized carbons (Fsp3) is 0.600. The van der Waals surface area contributed by atoms with E-state index in [4.69, 9.17) is 10.5 Å². The van der Waals surface area contributed by atoms with Gasteiger partial charge in [0, 0.05) is 5.54 Å². The van der Waals surface area contributed by atoms with E-state index in [1.807, 2.05) is 0 Å². The molecule has 0 bridgehead atoms. The third-order valence-corrected chi connectivity index (χ3v) is 4.58. The molecule has 1 aromatic rings. The summed E-state index contributed by atoms with van der Waals surface area (Å²) in [6.45, 7) is 5.75. The quantitative estimate of drug-likeness (QED) is 0.846. The van der Waals surface area contributed by atoms with E-state index in [1.54, 1.807) is 0 Å². The molecule has 2 aliphatic rings. The number of nitrogens with two attached hydrogens (primary N) is 1. The molecule has 0 spiro atoms. The van der Waals surface area contributed by atoms with Gasteiger partial charge in [0.1, 0.15) is 0 Å². The van der Waals surface area contributed by atoms with Crippen LogP contribution in [-0.2, 0) is 23.0 Å². The maximum absolute atomic E-state index is 6.37. The molecule has 0 saturated carbocycles. The highest BCUT2D eigenvalue weighted by atomic mass is 16.5. The molecule has 92 valence electrons. The van der Waals surface area contributed by atoms with Gasteiger partial charge < -0.3 is 10.5 Å². The molecule has 2 N–H and O–H groups in total. The van der Waals surface area contributed by atoms with E-state index in [0.717, 1.165) is 13.2 Å². The van der Waals surface area contributed by atoms with Gasteiger partial charge in [-0.3, -0.25) is 0 Å². The van der Waals surface area contributed by atoms with Crippen LogP contribution in [0.25, 0.3) is 0 Å². The van der Waals surface area contributed by atoms with E-state index in [0.29, 0.717) is 0 Å². The predicted octanol–water partition coefficient (Wildman–Crippen LogP) is 2.18. The zero-order chi connectivity index (χ0) is 12.1. The molecule has 0 unspecified atom stereocenters. The second-order valence-corrected chi connectivity index (χ2v) is 6.13. The van der Waals surface area contributed by atoms with Gasteiger partial charge >= 0.3 is 0 Å². The zero-order valence-electron chi connectivity index (χ0n) is 10.8. The summed E-state index contributed by atoms with van der Waals surface area (Å²) in [5, 5.41) is 0. The Balaban J connectivity index is 2.03. The Morgan fingerprint density at radius 1 is 1.18 bits per heavy atom. The Morgan fingerprint density at radius 2 is 1.88 bits per heavy atom. The van der Waals surface area contributed by atoms with Crippen molar-refractivity contribution in [1.29, 1.82) is 0 Å². The number of rotatable bonds is 2. The molecular formula is C15H21NO. The van der Waals surface area contributed by atoms with Crippen LogP contribution >= 0.6 is 0 Å². The maximum Gasteiger partial charge on any atom is 0.0603 e. The second kappa shape index (κ2) is 3.56. The molecule has 1 saturated heterocycles. The van der Waals surface area contributed by atoms with Gasteiger partial charge in [-0.1, -0.05) is 18.2 Å². The summed E-state index contributed by atoms with van der Waals surface area (Å²) in [4.78, 5) is 0. The summed E-state index contributed by atoms with van der Waals surface area (Å²) in [5.74, 6) is 0. The first-order valence-corrected chi connectivity index (χ1v) is 6.52. The average Bonchev–Trinajstić information content (AvgIpc) is 2.60. The highest BCUT2D eigenvalue weighted by molar-refractivity contribution is 5.41. The van der Waals surface area contributed by atoms with Crippen LogP contribution in [0, 0.1) is 0 Å². The molecule has 1 aromatic carbocycles. The fourth-order valence-electron chi connectivity index (χ4n) is 3.09. The van der Waals surface area contributed by atoms with Crippen molar-refractivity contribution in [1.82, 2.24) is 0 Å². The maximum atomic E-state index is 6.37. The lowest BCUT2D eigenvalue weighted by atomic mass is 9.65. The summed E-state index contributed by atoms with van der Waals surface area (Å²) in [5.41, 5.74) is 10.6. The van der Waals surface area contributed by atoms with Crippen molar-refractivity contribution in [3.8, 4) is 0 Å². The van der Waals surface area contributed by atoms with Crippen LogP contribution in [0.3, 0.4) is 0 Å². The van der Waals surface area contributed by atoms with Crippen LogP contribution in [0.5, 0.6) is 0 Å². The van der Waals surface area contributed by atoms with Crippen LogP contribution in [-0.4, -0.2) is 18.8 Å². The standard InChI is InChI=1S/C15H21NO/c1-14(2,16)15(9-17-10-15)13-7-6-11-4-3-5-12(11)8-13/h6-8H,3-5,9-10,16H2,1-2H3. The van der Waals surface area contributed by atoms with Gasteiger partial charge in [0.05, 0.1) is 18.6 Å². The van der Waals surface area contributed by atoms with Crippen molar-refractivity contribution < 1.29 is 4.74 Å². The zero-order valence-corrected chi connectivity index (χ0v) is 10.8. The monoisotopic (exact) mass is 231 g/mol. The minimum absolute atomic E-state index is 0.0185. The topological polar surface area (TPSA) is 35.2 Å². The Bertz CT molecular complexity index is 441. The van der Waals surface area contributed by atoms with Crippen molar-refractivity contribution in [2.24, 2.45) is 5.73 Å². The van der Waals surface area contributed by atoms with Crippen LogP contribution in [0.15, 0.2) is 18.2 Å². The van der Waals surface area contributed by atoms with Gasteiger partial charge in [-0.05, 0) is 49.8 Å². The molecule has 3 rings (SSSR count). The van der Waals surface area contributed by atoms with Crippen molar-refractivity contribution in [3.05, 3.63) is 34.9 Å². The average molecular weight is 231 g/mol. The minimum atomic E-state index is -0.224. The predicted molar refractivity (Wildman–Crippen MR) is 69.2 cm³/mol. The molecule has 1 fully saturated rings. The van der Waals surface area contributed by atoms with Crippen LogP contribution in [0.2, 0.25) is 0 Å². The van der Waals surface area contributed by atoms with Crippen LogP contribution in [0.4, 0.5) is 0 Å². The summed E-state index contributed by atoms with van der Waals surface area (Å²) < 4.78 is 5.46. The van der Waals surface area contributed by atoms with Crippen LogP contribution in [0.1, 0.15) is 37.0 Å². The molecule has 1 heterocycles. The molecule has 0 aromatic heterocycles. The second-order valence-electron chi connectivity index (χ2n) is 6.13. The third-order valence-electron chi connectivity index (χ3n) is 4.58. The van der Waals surface area contributed by atoms with Crippen LogP contribution < -0.4 is 5.73 Å². The first-order valence-electron chi connectivity index (χ1n) is 6.52. The number of hydrogen-bond donors (Lipinski definition) is 1. The first kappa shape index (κ1) is 11.2. The molecule has 1 aliphatic carbocycles. The molecule has 0 amide bonds. The first-order chi connectivity index (χ1) is 8.03. The smallest absolute Gasteiger partial charge is 0.0603 e. The summed E-state index contributed by atoms with van der Waals surface area (Å²) in [6.07, 6.45) is 3.77. The Labute approximate surface area is 103 Å². The summed E-state index contributed by atoms with van der Waals surface area (Å²) in [6, 6.07) is 6.93. The highest BCUT2D eigenvalue weighted by Crippen LogP contribution is 2.41. The van der Waals surface area contributed by atoms with Gasteiger partial charge in [0.2, 0.25) is 0 Å². The molecule has 1 aliphatic heterocycles. The molecule has 2 heteroatoms. The van der Waals surface area contributed by atoms with Crippen molar-refractivity contribution >= 4 is 0 Å². The van der Waals surface area contributed by atoms with Gasteiger partial charge in [-0.15, -0.1) is 0 Å². The molecule has 17 heavy (non-hydrogen) atoms. The van der Waals surface area contributed by atoms with Gasteiger partial charge in [-0.2, -0.15) is 0 Å². The van der Waals surface area contributed by atoms with E-state index in [9.17, 15) is 0 Å². The van der Waals surface area contributed by atoms with Crippen molar-refractivity contribution in [3.63, 3.8) is 0 Å². The van der Waals surface area contributed by atoms with E-state index >= 15 is 0 Å². The lowest BCUT2D eigenvalue weighted by Crippen LogP contribution is -2.64. The van der Waals surface area contributed by atoms with Crippen molar-refractivity contribution in [2.75, 3.05) is 13.2 Å². The lowest BCUT2D eigenvalue weighted by molar-refractivity contribution is -0.0919. The van der Waals surface area contributed by atoms with Gasteiger partial charge in [0.15, 0.2) is 0 Å². The number of benzene rings is 1. The molecule has 2 nitrogen and oxygen atoms in total. The van der Waals surface area contributed by atoms with Gasteiger partial charge in [0.25, 0.3) is 0 Å². The van der Waals surface area contributed by atoms with E-state index in [1.165, 1.54) is 36.0 Å². The fourth-order valence-corrected chi connectivity index (χ4v) is 3.09. The number of hydrogen-bond acceptors (Lipinski definition) is 2. The van der Waals surface area contributed by atoms with E-state index in [2.05, 4.69) is 32.0 Å². The molecule has 0 radical (unpaired) electrons.